The molecule has 3 heterocycles. The van der Waals surface area contributed by atoms with Crippen molar-refractivity contribution in [1.29, 1.82) is 0 Å². The first-order valence-electron chi connectivity index (χ1n) is 7.93. The molecule has 0 radical (unpaired) electrons. The van der Waals surface area contributed by atoms with E-state index in [1.165, 1.54) is 22.1 Å². The zero-order chi connectivity index (χ0) is 23.2. The smallest absolute Gasteiger partial charge is 0.387 e. The highest BCUT2D eigenvalue weighted by atomic mass is 32.1. The Morgan fingerprint density at radius 3 is 2.45 bits per heavy atom. The molecule has 0 aromatic carbocycles. The number of aromatic nitrogens is 2. The molecular formula is C11H15N2O13P3S2. The van der Waals surface area contributed by atoms with Gasteiger partial charge < -0.3 is 39.1 Å². The SMILES string of the molecule is O=P(O)(O)OP(=O)(O)OP(=O)(O)OCC1OC(n2ccc3ncsc3c2=S)C(O)C1O. The van der Waals surface area contributed by atoms with Gasteiger partial charge in [-0.25, -0.2) is 18.7 Å². The van der Waals surface area contributed by atoms with E-state index in [1.807, 2.05) is 0 Å². The van der Waals surface area contributed by atoms with Crippen LogP contribution < -0.4 is 0 Å². The molecule has 0 saturated carbocycles. The van der Waals surface area contributed by atoms with Crippen LogP contribution >= 0.6 is 47.0 Å². The molecule has 0 spiro atoms. The van der Waals surface area contributed by atoms with Gasteiger partial charge in [0.25, 0.3) is 0 Å². The van der Waals surface area contributed by atoms with Crippen LogP contribution in [0.15, 0.2) is 17.8 Å². The Morgan fingerprint density at radius 1 is 1.13 bits per heavy atom. The van der Waals surface area contributed by atoms with Gasteiger partial charge in [0.05, 0.1) is 22.3 Å². The number of thiazole rings is 1. The van der Waals surface area contributed by atoms with Gasteiger partial charge in [-0.2, -0.15) is 8.62 Å². The Kier molecular flexibility index (Phi) is 7.36. The van der Waals surface area contributed by atoms with Crippen LogP contribution in [0, 0.1) is 4.64 Å². The van der Waals surface area contributed by atoms with E-state index in [0.29, 0.717) is 10.2 Å². The molecule has 2 aromatic heterocycles. The number of phosphoric ester groups is 1. The molecule has 15 nitrogen and oxygen atoms in total. The van der Waals surface area contributed by atoms with Crippen LogP contribution in [0.1, 0.15) is 6.23 Å². The number of aliphatic hydroxyl groups excluding tert-OH is 2. The molecule has 31 heavy (non-hydrogen) atoms. The van der Waals surface area contributed by atoms with Gasteiger partial charge in [-0.3, -0.25) is 4.52 Å². The van der Waals surface area contributed by atoms with Crippen molar-refractivity contribution in [2.75, 3.05) is 6.61 Å². The third-order valence-corrected chi connectivity index (χ3v) is 9.04. The third-order valence-electron chi connectivity index (χ3n) is 3.85. The van der Waals surface area contributed by atoms with E-state index in [-0.39, 0.29) is 4.64 Å². The second-order valence-electron chi connectivity index (χ2n) is 6.03. The molecule has 1 fully saturated rings. The van der Waals surface area contributed by atoms with Gasteiger partial charge in [0, 0.05) is 6.20 Å². The summed E-state index contributed by atoms with van der Waals surface area (Å²) in [5.41, 5.74) is 2.18. The maximum Gasteiger partial charge on any atom is 0.490 e. The van der Waals surface area contributed by atoms with E-state index >= 15 is 0 Å². The standard InChI is InChI=1S/C11H15N2O13P3S2/c14-7-6(3-23-28(19,20)26-29(21,22)25-27(16,17)18)24-10(8(7)15)13-2-1-5-9(11(13)30)31-4-12-5/h1-2,4,6-8,10,14-15H,3H2,(H,19,20)(H,21,22)(H2,16,17,18). The van der Waals surface area contributed by atoms with Gasteiger partial charge in [0.1, 0.15) is 23.0 Å². The number of aliphatic hydroxyl groups is 2. The van der Waals surface area contributed by atoms with Crippen molar-refractivity contribution in [3.05, 3.63) is 22.4 Å². The van der Waals surface area contributed by atoms with Crippen molar-refractivity contribution in [1.82, 2.24) is 9.55 Å². The Bertz CT molecular complexity index is 1160. The topological polar surface area (TPSA) is 227 Å². The molecule has 6 N–H and O–H groups in total. The van der Waals surface area contributed by atoms with Gasteiger partial charge in [-0.15, -0.1) is 11.3 Å². The summed E-state index contributed by atoms with van der Waals surface area (Å²) in [4.78, 5) is 39.7. The van der Waals surface area contributed by atoms with Crippen molar-refractivity contribution in [2.45, 2.75) is 24.5 Å². The van der Waals surface area contributed by atoms with Crippen LogP contribution in [0.2, 0.25) is 0 Å². The average Bonchev–Trinajstić information content (AvgIpc) is 3.17. The fraction of sp³-hybridized carbons (Fsp3) is 0.455. The number of hydrogen-bond donors (Lipinski definition) is 6. The molecule has 174 valence electrons. The number of ether oxygens (including phenoxy) is 1. The van der Waals surface area contributed by atoms with Gasteiger partial charge in [-0.05, 0) is 6.07 Å². The van der Waals surface area contributed by atoms with Crippen LogP contribution in [-0.4, -0.2) is 64.3 Å². The van der Waals surface area contributed by atoms with E-state index < -0.39 is 54.6 Å². The van der Waals surface area contributed by atoms with E-state index in [2.05, 4.69) is 18.1 Å². The van der Waals surface area contributed by atoms with Crippen molar-refractivity contribution < 1.29 is 61.4 Å². The minimum atomic E-state index is -5.68. The van der Waals surface area contributed by atoms with E-state index in [1.54, 1.807) is 11.6 Å². The summed E-state index contributed by atoms with van der Waals surface area (Å²) in [5, 5.41) is 20.5. The van der Waals surface area contributed by atoms with Crippen molar-refractivity contribution >= 4 is 57.2 Å². The number of nitrogens with zero attached hydrogens (tertiary/aromatic N) is 2. The van der Waals surface area contributed by atoms with Gasteiger partial charge in [0.15, 0.2) is 6.23 Å². The van der Waals surface area contributed by atoms with Crippen LogP contribution in [0.5, 0.6) is 0 Å². The fourth-order valence-electron chi connectivity index (χ4n) is 2.64. The van der Waals surface area contributed by atoms with Crippen LogP contribution in [-0.2, 0) is 31.6 Å². The summed E-state index contributed by atoms with van der Waals surface area (Å²) >= 11 is 6.58. The molecule has 1 aliphatic rings. The molecule has 6 unspecified atom stereocenters. The van der Waals surface area contributed by atoms with Gasteiger partial charge in [-0.1, -0.05) is 12.2 Å². The molecule has 1 aliphatic heterocycles. The highest BCUT2D eigenvalue weighted by molar-refractivity contribution is 7.71. The maximum absolute atomic E-state index is 11.8. The van der Waals surface area contributed by atoms with Crippen molar-refractivity contribution in [3.63, 3.8) is 0 Å². The monoisotopic (exact) mass is 540 g/mol. The lowest BCUT2D eigenvalue weighted by Gasteiger charge is -2.19. The quantitative estimate of drug-likeness (QED) is 0.201. The zero-order valence-corrected chi connectivity index (χ0v) is 19.2. The molecule has 20 heteroatoms. The number of phosphoric acid groups is 3. The molecule has 6 atom stereocenters. The minimum absolute atomic E-state index is 0.254. The van der Waals surface area contributed by atoms with E-state index in [4.69, 9.17) is 31.6 Å². The number of fused-ring (bicyclic) bond motifs is 1. The second-order valence-corrected chi connectivity index (χ2v) is 11.7. The molecule has 0 aliphatic carbocycles. The Balaban J connectivity index is 1.69. The largest absolute Gasteiger partial charge is 0.490 e. The molecule has 0 amide bonds. The molecular weight excluding hydrogens is 525 g/mol. The normalized spacial score (nSPS) is 28.5. The van der Waals surface area contributed by atoms with E-state index in [0.717, 1.165) is 0 Å². The van der Waals surface area contributed by atoms with Crippen molar-refractivity contribution in [2.24, 2.45) is 0 Å². The fourth-order valence-corrected chi connectivity index (χ4v) is 6.80. The summed E-state index contributed by atoms with van der Waals surface area (Å²) in [5.74, 6) is 0. The molecule has 1 saturated heterocycles. The molecule has 0 bridgehead atoms. The van der Waals surface area contributed by atoms with Crippen LogP contribution in [0.3, 0.4) is 0 Å². The zero-order valence-electron chi connectivity index (χ0n) is 14.8. The predicted octanol–water partition coefficient (Wildman–Crippen LogP) is 0.790. The first kappa shape index (κ1) is 25.2. The number of rotatable bonds is 8. The first-order valence-corrected chi connectivity index (χ1v) is 13.7. The Morgan fingerprint density at radius 2 is 1.81 bits per heavy atom. The third kappa shape index (κ3) is 6.12. The minimum Gasteiger partial charge on any atom is -0.387 e. The van der Waals surface area contributed by atoms with Gasteiger partial charge in [0.2, 0.25) is 0 Å². The van der Waals surface area contributed by atoms with Gasteiger partial charge >= 0.3 is 23.5 Å². The first-order chi connectivity index (χ1) is 14.2. The second kappa shape index (κ2) is 9.06. The van der Waals surface area contributed by atoms with Crippen molar-refractivity contribution in [3.8, 4) is 0 Å². The average molecular weight is 540 g/mol. The van der Waals surface area contributed by atoms with E-state index in [9.17, 15) is 28.8 Å². The van der Waals surface area contributed by atoms with Crippen LogP contribution in [0.4, 0.5) is 0 Å². The lowest BCUT2D eigenvalue weighted by atomic mass is 10.1. The summed E-state index contributed by atoms with van der Waals surface area (Å²) in [7, 11) is -16.6. The summed E-state index contributed by atoms with van der Waals surface area (Å²) in [6.07, 6.45) is -4.31. The van der Waals surface area contributed by atoms with Crippen LogP contribution in [0.25, 0.3) is 10.2 Å². The summed E-state index contributed by atoms with van der Waals surface area (Å²) < 4.78 is 53.0. The highest BCUT2D eigenvalue weighted by Gasteiger charge is 2.46. The molecule has 3 rings (SSSR count). The number of hydrogen-bond acceptors (Lipinski definition) is 12. The predicted molar refractivity (Wildman–Crippen MR) is 104 cm³/mol. The Labute approximate surface area is 181 Å². The molecule has 2 aromatic rings. The lowest BCUT2D eigenvalue weighted by Crippen LogP contribution is -2.33. The lowest BCUT2D eigenvalue weighted by molar-refractivity contribution is -0.0525. The summed E-state index contributed by atoms with van der Waals surface area (Å²) in [6, 6.07) is 1.60. The Hall–Kier alpha value is -0.450. The number of pyridine rings is 1. The maximum atomic E-state index is 11.8. The highest BCUT2D eigenvalue weighted by Crippen LogP contribution is 2.66. The summed E-state index contributed by atoms with van der Waals surface area (Å²) in [6.45, 7) is -0.922.